The number of nitrogens with two attached hydrogens (primary N) is 1. The van der Waals surface area contributed by atoms with Crippen LogP contribution < -0.4 is 5.73 Å². The maximum absolute atomic E-state index is 11.4. The van der Waals surface area contributed by atoms with Crippen molar-refractivity contribution in [3.63, 3.8) is 0 Å². The molecular weight excluding hydrogens is 156 g/mol. The van der Waals surface area contributed by atoms with Gasteiger partial charge in [-0.25, -0.2) is 9.78 Å². The van der Waals surface area contributed by atoms with E-state index in [4.69, 9.17) is 5.73 Å². The minimum Gasteiger partial charge on any atom is -0.325 e. The zero-order chi connectivity index (χ0) is 8.55. The number of hydrogen-bond donors (Lipinski definition) is 1. The van der Waals surface area contributed by atoms with E-state index in [0.717, 1.165) is 0 Å². The lowest BCUT2D eigenvalue weighted by Gasteiger charge is -2.36. The van der Waals surface area contributed by atoms with Gasteiger partial charge in [-0.15, -0.1) is 0 Å². The molecule has 0 aliphatic carbocycles. The fourth-order valence-electron chi connectivity index (χ4n) is 1.20. The van der Waals surface area contributed by atoms with E-state index in [1.165, 1.54) is 10.9 Å². The lowest BCUT2D eigenvalue weighted by molar-refractivity contribution is 0.154. The van der Waals surface area contributed by atoms with Gasteiger partial charge in [-0.2, -0.15) is 0 Å². The highest BCUT2D eigenvalue weighted by molar-refractivity contribution is 5.77. The summed E-state index contributed by atoms with van der Waals surface area (Å²) in [6, 6.07) is 0.103. The van der Waals surface area contributed by atoms with E-state index in [1.807, 2.05) is 0 Å². The van der Waals surface area contributed by atoms with Crippen LogP contribution in [0.5, 0.6) is 0 Å². The Balaban J connectivity index is 2.03. The van der Waals surface area contributed by atoms with Crippen molar-refractivity contribution in [1.29, 1.82) is 0 Å². The Bertz CT molecular complexity index is 276. The summed E-state index contributed by atoms with van der Waals surface area (Å²) in [5, 5.41) is 0. The average Bonchev–Trinajstić information content (AvgIpc) is 2.49. The summed E-state index contributed by atoms with van der Waals surface area (Å²) in [6.45, 7) is 1.30. The molecule has 1 fully saturated rings. The first-order chi connectivity index (χ1) is 5.77. The van der Waals surface area contributed by atoms with Crippen molar-refractivity contribution >= 4 is 6.03 Å². The number of carbonyl (C=O) groups excluding carboxylic acids is 1. The maximum Gasteiger partial charge on any atom is 0.329 e. The molecule has 0 saturated carbocycles. The summed E-state index contributed by atoms with van der Waals surface area (Å²) in [6.07, 6.45) is 4.70. The lowest BCUT2D eigenvalue weighted by Crippen LogP contribution is -2.58. The number of nitrogens with zero attached hydrogens (tertiary/aromatic N) is 3. The standard InChI is InChI=1S/C7H10N4O/c8-6-3-11(4-6)7(12)10-2-1-9-5-10/h1-2,5-6H,3-4,8H2. The van der Waals surface area contributed by atoms with Gasteiger partial charge in [0.1, 0.15) is 6.33 Å². The molecule has 0 unspecified atom stereocenters. The van der Waals surface area contributed by atoms with Crippen LogP contribution in [0.4, 0.5) is 4.79 Å². The molecule has 1 aliphatic rings. The number of hydrogen-bond acceptors (Lipinski definition) is 3. The molecule has 5 nitrogen and oxygen atoms in total. The van der Waals surface area contributed by atoms with Crippen LogP contribution >= 0.6 is 0 Å². The van der Waals surface area contributed by atoms with Crippen LogP contribution in [0.1, 0.15) is 0 Å². The van der Waals surface area contributed by atoms with Crippen molar-refractivity contribution in [2.45, 2.75) is 6.04 Å². The van der Waals surface area contributed by atoms with Gasteiger partial charge in [0.05, 0.1) is 0 Å². The van der Waals surface area contributed by atoms with E-state index in [9.17, 15) is 4.79 Å². The van der Waals surface area contributed by atoms with Gasteiger partial charge in [0.2, 0.25) is 0 Å². The molecule has 0 atom stereocenters. The maximum atomic E-state index is 11.4. The molecule has 0 aromatic carbocycles. The van der Waals surface area contributed by atoms with Gasteiger partial charge in [-0.05, 0) is 0 Å². The van der Waals surface area contributed by atoms with Crippen molar-refractivity contribution in [3.8, 4) is 0 Å². The molecule has 0 radical (unpaired) electrons. The minimum atomic E-state index is -0.0470. The molecule has 1 saturated heterocycles. The first-order valence-corrected chi connectivity index (χ1v) is 3.80. The molecule has 0 spiro atoms. The first-order valence-electron chi connectivity index (χ1n) is 3.80. The van der Waals surface area contributed by atoms with Gasteiger partial charge >= 0.3 is 6.03 Å². The highest BCUT2D eigenvalue weighted by Crippen LogP contribution is 2.07. The van der Waals surface area contributed by atoms with Gasteiger partial charge in [0.25, 0.3) is 0 Å². The fraction of sp³-hybridized carbons (Fsp3) is 0.429. The monoisotopic (exact) mass is 166 g/mol. The Morgan fingerprint density at radius 2 is 2.33 bits per heavy atom. The fourth-order valence-corrected chi connectivity index (χ4v) is 1.20. The first kappa shape index (κ1) is 7.30. The molecule has 1 aliphatic heterocycles. The largest absolute Gasteiger partial charge is 0.329 e. The van der Waals surface area contributed by atoms with E-state index >= 15 is 0 Å². The van der Waals surface area contributed by atoms with E-state index in [2.05, 4.69) is 4.98 Å². The summed E-state index contributed by atoms with van der Waals surface area (Å²) >= 11 is 0. The number of rotatable bonds is 0. The Morgan fingerprint density at radius 1 is 1.58 bits per heavy atom. The average molecular weight is 166 g/mol. The number of amides is 1. The quantitative estimate of drug-likeness (QED) is 0.564. The lowest BCUT2D eigenvalue weighted by atomic mass is 10.1. The van der Waals surface area contributed by atoms with Crippen LogP contribution in [0.3, 0.4) is 0 Å². The van der Waals surface area contributed by atoms with E-state index in [0.29, 0.717) is 13.1 Å². The highest BCUT2D eigenvalue weighted by atomic mass is 16.2. The molecule has 1 aromatic rings. The Labute approximate surface area is 69.8 Å². The third kappa shape index (κ3) is 1.08. The van der Waals surface area contributed by atoms with Gasteiger partial charge in [0, 0.05) is 31.5 Å². The zero-order valence-corrected chi connectivity index (χ0v) is 6.55. The van der Waals surface area contributed by atoms with Crippen LogP contribution in [0.15, 0.2) is 18.7 Å². The molecule has 2 rings (SSSR count). The third-order valence-corrected chi connectivity index (χ3v) is 1.91. The van der Waals surface area contributed by atoms with E-state index < -0.39 is 0 Å². The predicted octanol–water partition coefficient (Wildman–Crippen LogP) is -0.506. The van der Waals surface area contributed by atoms with Crippen LogP contribution in [-0.4, -0.2) is 39.6 Å². The molecule has 12 heavy (non-hydrogen) atoms. The topological polar surface area (TPSA) is 64.2 Å². The number of carbonyl (C=O) groups is 1. The normalized spacial score (nSPS) is 17.6. The number of aromatic nitrogens is 2. The Hall–Kier alpha value is -1.36. The zero-order valence-electron chi connectivity index (χ0n) is 6.55. The predicted molar refractivity (Wildman–Crippen MR) is 42.6 cm³/mol. The Kier molecular flexibility index (Phi) is 1.58. The van der Waals surface area contributed by atoms with E-state index in [1.54, 1.807) is 17.3 Å². The molecule has 0 bridgehead atoms. The second kappa shape index (κ2) is 2.60. The van der Waals surface area contributed by atoms with Crippen LogP contribution in [0, 0.1) is 0 Å². The summed E-state index contributed by atoms with van der Waals surface area (Å²) in [5.41, 5.74) is 5.54. The van der Waals surface area contributed by atoms with Crippen LogP contribution in [0.2, 0.25) is 0 Å². The highest BCUT2D eigenvalue weighted by Gasteiger charge is 2.28. The Morgan fingerprint density at radius 3 is 2.83 bits per heavy atom. The molecule has 2 N–H and O–H groups in total. The van der Waals surface area contributed by atoms with Gasteiger partial charge in [0.15, 0.2) is 0 Å². The second-order valence-electron chi connectivity index (χ2n) is 2.92. The van der Waals surface area contributed by atoms with Crippen molar-refractivity contribution in [2.75, 3.05) is 13.1 Å². The van der Waals surface area contributed by atoms with Crippen molar-refractivity contribution in [2.24, 2.45) is 5.73 Å². The van der Waals surface area contributed by atoms with Crippen LogP contribution in [-0.2, 0) is 0 Å². The summed E-state index contributed by atoms with van der Waals surface area (Å²) in [7, 11) is 0. The molecule has 5 heteroatoms. The van der Waals surface area contributed by atoms with Gasteiger partial charge in [-0.1, -0.05) is 0 Å². The molecule has 64 valence electrons. The number of imidazole rings is 1. The third-order valence-electron chi connectivity index (χ3n) is 1.91. The smallest absolute Gasteiger partial charge is 0.325 e. The number of likely N-dealkylation sites (tertiary alicyclic amines) is 1. The molecule has 1 amide bonds. The van der Waals surface area contributed by atoms with Crippen molar-refractivity contribution < 1.29 is 4.79 Å². The van der Waals surface area contributed by atoms with Crippen LogP contribution in [0.25, 0.3) is 0 Å². The van der Waals surface area contributed by atoms with E-state index in [-0.39, 0.29) is 12.1 Å². The van der Waals surface area contributed by atoms with Crippen molar-refractivity contribution in [3.05, 3.63) is 18.7 Å². The summed E-state index contributed by atoms with van der Waals surface area (Å²) in [5.74, 6) is 0. The minimum absolute atomic E-state index is 0.0470. The molecule has 2 heterocycles. The van der Waals surface area contributed by atoms with Gasteiger partial charge < -0.3 is 10.6 Å². The summed E-state index contributed by atoms with van der Waals surface area (Å²) < 4.78 is 1.45. The second-order valence-corrected chi connectivity index (χ2v) is 2.92. The summed E-state index contributed by atoms with van der Waals surface area (Å²) in [4.78, 5) is 16.9. The SMILES string of the molecule is NC1CN(C(=O)n2ccnc2)C1. The molecule has 1 aromatic heterocycles. The van der Waals surface area contributed by atoms with Gasteiger partial charge in [-0.3, -0.25) is 4.57 Å². The van der Waals surface area contributed by atoms with Crippen molar-refractivity contribution in [1.82, 2.24) is 14.5 Å². The molecular formula is C7H10N4O.